The van der Waals surface area contributed by atoms with Gasteiger partial charge < -0.3 is 19.7 Å². The SMILES string of the molecule is COc1cccc2c1C1(CCN(C(=O)NCc3cccs3)CC1)OCC2. The summed E-state index contributed by atoms with van der Waals surface area (Å²) in [5, 5.41) is 5.04. The van der Waals surface area contributed by atoms with Gasteiger partial charge in [-0.25, -0.2) is 4.79 Å². The van der Waals surface area contributed by atoms with Crippen LogP contribution in [0, 0.1) is 0 Å². The molecule has 1 spiro atoms. The fourth-order valence-electron chi connectivity index (χ4n) is 4.05. The van der Waals surface area contributed by atoms with Crippen molar-refractivity contribution < 1.29 is 14.3 Å². The Labute approximate surface area is 157 Å². The van der Waals surface area contributed by atoms with Gasteiger partial charge >= 0.3 is 6.03 Å². The van der Waals surface area contributed by atoms with Crippen molar-refractivity contribution in [3.63, 3.8) is 0 Å². The molecule has 2 aromatic rings. The molecule has 0 saturated carbocycles. The van der Waals surface area contributed by atoms with E-state index in [1.54, 1.807) is 18.4 Å². The first-order valence-corrected chi connectivity index (χ1v) is 9.95. The van der Waals surface area contributed by atoms with Crippen LogP contribution in [0.15, 0.2) is 35.7 Å². The van der Waals surface area contributed by atoms with Crippen molar-refractivity contribution in [3.8, 4) is 5.75 Å². The molecule has 5 nitrogen and oxygen atoms in total. The van der Waals surface area contributed by atoms with Crippen LogP contribution in [0.3, 0.4) is 0 Å². The monoisotopic (exact) mass is 372 g/mol. The molecule has 0 atom stereocenters. The predicted molar refractivity (Wildman–Crippen MR) is 102 cm³/mol. The smallest absolute Gasteiger partial charge is 0.317 e. The molecule has 3 heterocycles. The molecule has 1 fully saturated rings. The Morgan fingerprint density at radius 2 is 2.15 bits per heavy atom. The second-order valence-corrected chi connectivity index (χ2v) is 7.84. The Bertz CT molecular complexity index is 753. The lowest BCUT2D eigenvalue weighted by Crippen LogP contribution is -2.50. The number of hydrogen-bond donors (Lipinski definition) is 1. The summed E-state index contributed by atoms with van der Waals surface area (Å²) in [5.41, 5.74) is 2.17. The van der Waals surface area contributed by atoms with Crippen LogP contribution in [-0.2, 0) is 23.3 Å². The summed E-state index contributed by atoms with van der Waals surface area (Å²) in [4.78, 5) is 15.5. The highest BCUT2D eigenvalue weighted by Crippen LogP contribution is 2.45. The topological polar surface area (TPSA) is 50.8 Å². The van der Waals surface area contributed by atoms with Crippen LogP contribution in [0.1, 0.15) is 28.8 Å². The number of fused-ring (bicyclic) bond motifs is 2. The molecule has 0 aliphatic carbocycles. The van der Waals surface area contributed by atoms with Gasteiger partial charge in [0.1, 0.15) is 11.4 Å². The third-order valence-corrected chi connectivity index (χ3v) is 6.27. The minimum absolute atomic E-state index is 0.00399. The maximum absolute atomic E-state index is 12.5. The second-order valence-electron chi connectivity index (χ2n) is 6.81. The number of amides is 2. The Kier molecular flexibility index (Phi) is 4.87. The number of rotatable bonds is 3. The van der Waals surface area contributed by atoms with Crippen LogP contribution in [-0.4, -0.2) is 37.7 Å². The number of methoxy groups -OCH3 is 1. The van der Waals surface area contributed by atoms with Crippen LogP contribution in [0.4, 0.5) is 4.79 Å². The van der Waals surface area contributed by atoms with Crippen molar-refractivity contribution in [1.82, 2.24) is 10.2 Å². The van der Waals surface area contributed by atoms with E-state index in [9.17, 15) is 4.79 Å². The molecule has 6 heteroatoms. The number of likely N-dealkylation sites (tertiary alicyclic amines) is 1. The highest BCUT2D eigenvalue weighted by molar-refractivity contribution is 7.09. The number of carbonyl (C=O) groups is 1. The van der Waals surface area contributed by atoms with Gasteiger partial charge in [-0.05, 0) is 42.3 Å². The van der Waals surface area contributed by atoms with E-state index in [1.807, 2.05) is 34.5 Å². The molecule has 4 rings (SSSR count). The summed E-state index contributed by atoms with van der Waals surface area (Å²) in [6.45, 7) is 2.69. The van der Waals surface area contributed by atoms with Crippen molar-refractivity contribution in [1.29, 1.82) is 0 Å². The third-order valence-electron chi connectivity index (χ3n) is 5.39. The molecule has 0 radical (unpaired) electrons. The minimum Gasteiger partial charge on any atom is -0.496 e. The van der Waals surface area contributed by atoms with Crippen LogP contribution in [0.25, 0.3) is 0 Å². The lowest BCUT2D eigenvalue weighted by atomic mass is 9.79. The zero-order chi connectivity index (χ0) is 18.0. The summed E-state index contributed by atoms with van der Waals surface area (Å²) in [6.07, 6.45) is 2.51. The molecule has 1 saturated heterocycles. The third kappa shape index (κ3) is 3.19. The minimum atomic E-state index is -0.329. The molecule has 2 aliphatic heterocycles. The van der Waals surface area contributed by atoms with Crippen LogP contribution in [0.5, 0.6) is 5.75 Å². The van der Waals surface area contributed by atoms with Gasteiger partial charge in [0.2, 0.25) is 0 Å². The summed E-state index contributed by atoms with van der Waals surface area (Å²) in [7, 11) is 1.71. The first-order valence-electron chi connectivity index (χ1n) is 9.07. The summed E-state index contributed by atoms with van der Waals surface area (Å²) in [6, 6.07) is 10.3. The number of ether oxygens (including phenoxy) is 2. The summed E-state index contributed by atoms with van der Waals surface area (Å²) in [5.74, 6) is 0.901. The Hall–Kier alpha value is -2.05. The maximum Gasteiger partial charge on any atom is 0.317 e. The molecule has 26 heavy (non-hydrogen) atoms. The number of thiophene rings is 1. The fourth-order valence-corrected chi connectivity index (χ4v) is 4.70. The molecule has 2 aliphatic rings. The standard InChI is InChI=1S/C20H24N2O3S/c1-24-17-6-2-4-15-7-12-25-20(18(15)17)8-10-22(11-9-20)19(23)21-14-16-5-3-13-26-16/h2-6,13H,7-12,14H2,1H3,(H,21,23). The van der Waals surface area contributed by atoms with Gasteiger partial charge in [-0.2, -0.15) is 0 Å². The van der Waals surface area contributed by atoms with E-state index in [4.69, 9.17) is 9.47 Å². The van der Waals surface area contributed by atoms with Gasteiger partial charge in [0.05, 0.1) is 20.3 Å². The molecule has 2 amide bonds. The van der Waals surface area contributed by atoms with Crippen LogP contribution >= 0.6 is 11.3 Å². The zero-order valence-corrected chi connectivity index (χ0v) is 15.8. The quantitative estimate of drug-likeness (QED) is 0.897. The van der Waals surface area contributed by atoms with Gasteiger partial charge in [0.25, 0.3) is 0 Å². The molecular weight excluding hydrogens is 348 g/mol. The number of hydrogen-bond acceptors (Lipinski definition) is 4. The van der Waals surface area contributed by atoms with Gasteiger partial charge in [-0.3, -0.25) is 0 Å². The fraction of sp³-hybridized carbons (Fsp3) is 0.450. The van der Waals surface area contributed by atoms with E-state index in [0.29, 0.717) is 19.6 Å². The van der Waals surface area contributed by atoms with Crippen LogP contribution in [0.2, 0.25) is 0 Å². The summed E-state index contributed by atoms with van der Waals surface area (Å²) < 4.78 is 11.9. The van der Waals surface area contributed by atoms with Crippen molar-refractivity contribution in [3.05, 3.63) is 51.7 Å². The van der Waals surface area contributed by atoms with E-state index in [-0.39, 0.29) is 11.6 Å². The van der Waals surface area contributed by atoms with Crippen LogP contribution < -0.4 is 10.1 Å². The number of piperidine rings is 1. The lowest BCUT2D eigenvalue weighted by Gasteiger charge is -2.45. The Balaban J connectivity index is 1.45. The lowest BCUT2D eigenvalue weighted by molar-refractivity contribution is -0.0937. The Morgan fingerprint density at radius 3 is 2.88 bits per heavy atom. The van der Waals surface area contributed by atoms with E-state index >= 15 is 0 Å². The van der Waals surface area contributed by atoms with E-state index in [2.05, 4.69) is 11.4 Å². The second kappa shape index (κ2) is 7.29. The molecule has 0 bridgehead atoms. The van der Waals surface area contributed by atoms with E-state index in [1.165, 1.54) is 16.0 Å². The first kappa shape index (κ1) is 17.4. The molecule has 0 unspecified atom stereocenters. The zero-order valence-electron chi connectivity index (χ0n) is 15.0. The van der Waals surface area contributed by atoms with Crippen molar-refractivity contribution in [2.75, 3.05) is 26.8 Å². The molecule has 1 N–H and O–H groups in total. The molecule has 138 valence electrons. The molecule has 1 aromatic carbocycles. The maximum atomic E-state index is 12.5. The average Bonchev–Trinajstić information content (AvgIpc) is 3.20. The van der Waals surface area contributed by atoms with Gasteiger partial charge in [0, 0.05) is 23.5 Å². The number of benzene rings is 1. The first-order chi connectivity index (χ1) is 12.7. The van der Waals surface area contributed by atoms with Gasteiger partial charge in [-0.15, -0.1) is 11.3 Å². The van der Waals surface area contributed by atoms with Crippen molar-refractivity contribution in [2.45, 2.75) is 31.4 Å². The largest absolute Gasteiger partial charge is 0.496 e. The normalized spacial score (nSPS) is 18.4. The molecular formula is C20H24N2O3S. The van der Waals surface area contributed by atoms with Crippen molar-refractivity contribution in [2.24, 2.45) is 0 Å². The van der Waals surface area contributed by atoms with E-state index < -0.39 is 0 Å². The number of carbonyl (C=O) groups excluding carboxylic acids is 1. The van der Waals surface area contributed by atoms with Crippen molar-refractivity contribution >= 4 is 17.4 Å². The number of nitrogens with zero attached hydrogens (tertiary/aromatic N) is 1. The predicted octanol–water partition coefficient (Wildman–Crippen LogP) is 3.53. The molecule has 1 aromatic heterocycles. The van der Waals surface area contributed by atoms with Gasteiger partial charge in [-0.1, -0.05) is 18.2 Å². The number of urea groups is 1. The number of nitrogens with one attached hydrogen (secondary N) is 1. The Morgan fingerprint density at radius 1 is 1.31 bits per heavy atom. The highest BCUT2D eigenvalue weighted by Gasteiger charge is 2.43. The van der Waals surface area contributed by atoms with Gasteiger partial charge in [0.15, 0.2) is 0 Å². The van der Waals surface area contributed by atoms with E-state index in [0.717, 1.165) is 31.6 Å². The summed E-state index contributed by atoms with van der Waals surface area (Å²) >= 11 is 1.66. The highest BCUT2D eigenvalue weighted by atomic mass is 32.1. The average molecular weight is 372 g/mol.